The normalized spacial score (nSPS) is 11.4. The molecule has 0 heterocycles. The molecule has 0 spiro atoms. The first kappa shape index (κ1) is 19.7. The molecule has 4 aromatic rings. The Balaban J connectivity index is 2.20. The van der Waals surface area contributed by atoms with Gasteiger partial charge in [0.25, 0.3) is 0 Å². The highest BCUT2D eigenvalue weighted by atomic mass is 79.9. The van der Waals surface area contributed by atoms with E-state index in [4.69, 9.17) is 11.6 Å². The summed E-state index contributed by atoms with van der Waals surface area (Å²) in [4.78, 5) is 0. The highest BCUT2D eigenvalue weighted by Crippen LogP contribution is 2.21. The lowest BCUT2D eigenvalue weighted by atomic mass is 10.3. The van der Waals surface area contributed by atoms with E-state index in [1.54, 1.807) is 0 Å². The Bertz CT molecular complexity index is 1060. The van der Waals surface area contributed by atoms with Crippen molar-refractivity contribution >= 4 is 72.3 Å². The molecule has 0 nitrogen and oxygen atoms in total. The van der Waals surface area contributed by atoms with Crippen molar-refractivity contribution in [3.63, 3.8) is 0 Å². The zero-order valence-corrected chi connectivity index (χ0v) is 19.9. The van der Waals surface area contributed by atoms with Crippen LogP contribution in [0.2, 0.25) is 5.02 Å². The number of hydrogen-bond donors (Lipinski definition) is 0. The third kappa shape index (κ3) is 3.41. The van der Waals surface area contributed by atoms with Gasteiger partial charge in [-0.15, -0.1) is 0 Å². The highest BCUT2D eigenvalue weighted by molar-refractivity contribution is 9.11. The maximum atomic E-state index is 6.31. The van der Waals surface area contributed by atoms with Gasteiger partial charge in [-0.2, -0.15) is 0 Å². The van der Waals surface area contributed by atoms with Crippen molar-refractivity contribution in [3.05, 3.63) is 117 Å². The minimum absolute atomic E-state index is 0.728. The van der Waals surface area contributed by atoms with E-state index in [0.717, 1.165) is 14.0 Å². The average Bonchev–Trinajstić information content (AvgIpc) is 2.73. The van der Waals surface area contributed by atoms with Crippen LogP contribution in [0.25, 0.3) is 0 Å². The summed E-state index contributed by atoms with van der Waals surface area (Å²) in [6, 6.07) is 36.4. The Morgan fingerprint density at radius 2 is 1.04 bits per heavy atom. The molecule has 0 atom stereocenters. The van der Waals surface area contributed by atoms with Crippen LogP contribution in [0.5, 0.6) is 0 Å². The number of rotatable bonds is 4. The Kier molecular flexibility index (Phi) is 5.88. The smallest absolute Gasteiger partial charge is 0.0843 e. The van der Waals surface area contributed by atoms with Gasteiger partial charge in [0.05, 0.1) is 0 Å². The van der Waals surface area contributed by atoms with E-state index in [1.807, 2.05) is 12.1 Å². The molecule has 0 saturated carbocycles. The fourth-order valence-corrected chi connectivity index (χ4v) is 11.4. The van der Waals surface area contributed by atoms with Gasteiger partial charge in [-0.25, -0.2) is 0 Å². The highest BCUT2D eigenvalue weighted by Gasteiger charge is 2.43. The molecule has 0 N–H and O–H groups in total. The van der Waals surface area contributed by atoms with E-state index in [2.05, 4.69) is 123 Å². The first-order chi connectivity index (χ1) is 13.6. The quantitative estimate of drug-likeness (QED) is 0.251. The summed E-state index contributed by atoms with van der Waals surface area (Å²) in [5.41, 5.74) is 0. The zero-order valence-electron chi connectivity index (χ0n) is 14.9. The van der Waals surface area contributed by atoms with Gasteiger partial charge in [-0.1, -0.05) is 128 Å². The van der Waals surface area contributed by atoms with Gasteiger partial charge in [-0.3, -0.25) is 0 Å². The summed E-state index contributed by atoms with van der Waals surface area (Å²) in [7, 11) is -2.56. The van der Waals surface area contributed by atoms with Gasteiger partial charge < -0.3 is 0 Å². The lowest BCUT2D eigenvalue weighted by Gasteiger charge is -2.35. The average molecular weight is 529 g/mol. The van der Waals surface area contributed by atoms with Crippen LogP contribution in [0.3, 0.4) is 0 Å². The fourth-order valence-electron chi connectivity index (χ4n) is 3.87. The van der Waals surface area contributed by atoms with E-state index in [0.29, 0.717) is 0 Å². The molecule has 0 aliphatic heterocycles. The summed E-state index contributed by atoms with van der Waals surface area (Å²) in [6.45, 7) is 0. The Morgan fingerprint density at radius 3 is 1.57 bits per heavy atom. The molecular formula is C24H17Br2ClSi. The Hall–Kier alpha value is -1.65. The second-order valence-corrected chi connectivity index (χ2v) is 12.5. The first-order valence-electron chi connectivity index (χ1n) is 8.95. The molecule has 0 saturated heterocycles. The van der Waals surface area contributed by atoms with E-state index >= 15 is 0 Å². The van der Waals surface area contributed by atoms with Crippen LogP contribution in [0.1, 0.15) is 0 Å². The maximum Gasteiger partial charge on any atom is 0.181 e. The van der Waals surface area contributed by atoms with Gasteiger partial charge in [0.2, 0.25) is 0 Å². The standard InChI is InChI=1S/C24H17Br2ClSi/c25-21-13-7-8-14-23(21)28(19-9-3-1-4-10-19,20-11-5-2-6-12-20)24-16-15-18(27)17-22(24)26/h1-17H. The van der Waals surface area contributed by atoms with Gasteiger partial charge in [0.1, 0.15) is 0 Å². The van der Waals surface area contributed by atoms with Gasteiger partial charge in [-0.05, 0) is 38.9 Å². The minimum Gasteiger partial charge on any atom is -0.0843 e. The van der Waals surface area contributed by atoms with Crippen LogP contribution in [-0.2, 0) is 0 Å². The van der Waals surface area contributed by atoms with E-state index < -0.39 is 8.07 Å². The number of halogens is 3. The van der Waals surface area contributed by atoms with Crippen molar-refractivity contribution < 1.29 is 0 Å². The molecule has 0 unspecified atom stereocenters. The predicted octanol–water partition coefficient (Wildman–Crippen LogP) is 5.24. The van der Waals surface area contributed by atoms with Crippen molar-refractivity contribution in [2.75, 3.05) is 0 Å². The number of hydrogen-bond acceptors (Lipinski definition) is 0. The lowest BCUT2D eigenvalue weighted by Crippen LogP contribution is -2.75. The molecule has 4 aromatic carbocycles. The summed E-state index contributed by atoms with van der Waals surface area (Å²) >= 11 is 14.0. The third-order valence-electron chi connectivity index (χ3n) is 5.03. The largest absolute Gasteiger partial charge is 0.181 e. The first-order valence-corrected chi connectivity index (χ1v) is 12.9. The van der Waals surface area contributed by atoms with Crippen LogP contribution in [0, 0.1) is 0 Å². The third-order valence-corrected chi connectivity index (χ3v) is 12.2. The molecule has 4 rings (SSSR count). The fraction of sp³-hybridized carbons (Fsp3) is 0. The molecule has 28 heavy (non-hydrogen) atoms. The molecule has 0 radical (unpaired) electrons. The van der Waals surface area contributed by atoms with E-state index in [1.165, 1.54) is 20.7 Å². The van der Waals surface area contributed by atoms with Crippen LogP contribution in [-0.4, -0.2) is 8.07 Å². The van der Waals surface area contributed by atoms with Crippen molar-refractivity contribution in [3.8, 4) is 0 Å². The lowest BCUT2D eigenvalue weighted by molar-refractivity contribution is 1.62. The van der Waals surface area contributed by atoms with Crippen LogP contribution in [0.4, 0.5) is 0 Å². The van der Waals surface area contributed by atoms with Crippen molar-refractivity contribution in [1.82, 2.24) is 0 Å². The molecule has 0 amide bonds. The second kappa shape index (κ2) is 8.38. The van der Waals surface area contributed by atoms with Gasteiger partial charge >= 0.3 is 0 Å². The van der Waals surface area contributed by atoms with Crippen molar-refractivity contribution in [2.45, 2.75) is 0 Å². The molecule has 0 aliphatic carbocycles. The van der Waals surface area contributed by atoms with Crippen molar-refractivity contribution in [1.29, 1.82) is 0 Å². The molecule has 4 heteroatoms. The molecular weight excluding hydrogens is 512 g/mol. The molecule has 0 aromatic heterocycles. The summed E-state index contributed by atoms with van der Waals surface area (Å²) in [6.07, 6.45) is 0. The summed E-state index contributed by atoms with van der Waals surface area (Å²) < 4.78 is 2.16. The second-order valence-electron chi connectivity index (χ2n) is 6.59. The minimum atomic E-state index is -2.56. The van der Waals surface area contributed by atoms with Crippen LogP contribution >= 0.6 is 43.5 Å². The Morgan fingerprint density at radius 1 is 0.536 bits per heavy atom. The van der Waals surface area contributed by atoms with Gasteiger partial charge in [0.15, 0.2) is 8.07 Å². The van der Waals surface area contributed by atoms with E-state index in [9.17, 15) is 0 Å². The maximum absolute atomic E-state index is 6.31. The topological polar surface area (TPSA) is 0 Å². The van der Waals surface area contributed by atoms with Crippen LogP contribution < -0.4 is 20.7 Å². The SMILES string of the molecule is Clc1ccc([Si](c2ccccc2)(c2ccccc2)c2ccccc2Br)c(Br)c1. The number of benzene rings is 4. The predicted molar refractivity (Wildman–Crippen MR) is 130 cm³/mol. The van der Waals surface area contributed by atoms with Crippen LogP contribution in [0.15, 0.2) is 112 Å². The van der Waals surface area contributed by atoms with E-state index in [-0.39, 0.29) is 0 Å². The zero-order chi connectivity index (χ0) is 19.6. The van der Waals surface area contributed by atoms with Gasteiger partial charge in [0, 0.05) is 14.0 Å². The monoisotopic (exact) mass is 526 g/mol. The molecule has 0 fully saturated rings. The molecule has 0 aliphatic rings. The summed E-state index contributed by atoms with van der Waals surface area (Å²) in [5.74, 6) is 0. The molecule has 0 bridgehead atoms. The van der Waals surface area contributed by atoms with Crippen molar-refractivity contribution in [2.24, 2.45) is 0 Å². The molecule has 138 valence electrons. The Labute approximate surface area is 188 Å². The summed E-state index contributed by atoms with van der Waals surface area (Å²) in [5, 5.41) is 5.98.